The molecule has 0 bridgehead atoms. The van der Waals surface area contributed by atoms with Crippen LogP contribution in [0.15, 0.2) is 24.5 Å². The van der Waals surface area contributed by atoms with E-state index in [0.717, 1.165) is 0 Å². The summed E-state index contributed by atoms with van der Waals surface area (Å²) in [6.07, 6.45) is 8.35. The molecule has 3 nitrogen and oxygen atoms in total. The zero-order valence-corrected chi connectivity index (χ0v) is 10.5. The third-order valence-corrected chi connectivity index (χ3v) is 3.78. The Labute approximate surface area is 103 Å². The van der Waals surface area contributed by atoms with E-state index in [1.807, 2.05) is 12.1 Å². The zero-order valence-electron chi connectivity index (χ0n) is 10.5. The average molecular weight is 234 g/mol. The molecule has 1 aromatic heterocycles. The Morgan fingerprint density at radius 3 is 2.65 bits per heavy atom. The van der Waals surface area contributed by atoms with Gasteiger partial charge in [-0.15, -0.1) is 0 Å². The van der Waals surface area contributed by atoms with Crippen LogP contribution in [0.25, 0.3) is 0 Å². The van der Waals surface area contributed by atoms with Gasteiger partial charge in [0.1, 0.15) is 0 Å². The van der Waals surface area contributed by atoms with Crippen molar-refractivity contribution in [3.63, 3.8) is 0 Å². The predicted octanol–water partition coefficient (Wildman–Crippen LogP) is 2.28. The van der Waals surface area contributed by atoms with Gasteiger partial charge in [0.05, 0.1) is 6.10 Å². The van der Waals surface area contributed by atoms with E-state index in [2.05, 4.69) is 17.2 Å². The Bertz CT molecular complexity index is 322. The Morgan fingerprint density at radius 1 is 1.35 bits per heavy atom. The number of aliphatic hydroxyl groups is 1. The highest BCUT2D eigenvalue weighted by atomic mass is 16.3. The normalized spacial score (nSPS) is 20.4. The van der Waals surface area contributed by atoms with Crippen molar-refractivity contribution < 1.29 is 5.11 Å². The fourth-order valence-electron chi connectivity index (χ4n) is 2.58. The molecular weight excluding hydrogens is 212 g/mol. The van der Waals surface area contributed by atoms with Crippen LogP contribution in [0.2, 0.25) is 0 Å². The number of aliphatic hydroxyl groups excluding tert-OH is 1. The molecule has 0 aromatic carbocycles. The van der Waals surface area contributed by atoms with Gasteiger partial charge in [-0.3, -0.25) is 4.98 Å². The molecule has 1 aliphatic rings. The molecule has 0 spiro atoms. The van der Waals surface area contributed by atoms with Crippen LogP contribution in [-0.4, -0.2) is 22.7 Å². The summed E-state index contributed by atoms with van der Waals surface area (Å²) in [5, 5.41) is 13.5. The third-order valence-electron chi connectivity index (χ3n) is 3.78. The lowest BCUT2D eigenvalue weighted by molar-refractivity contribution is 0.106. The SMILES string of the molecule is CC(NCC(O)C1CCCC1)c1ccncc1. The second-order valence-corrected chi connectivity index (χ2v) is 5.02. The second-order valence-electron chi connectivity index (χ2n) is 5.02. The van der Waals surface area contributed by atoms with E-state index in [9.17, 15) is 5.11 Å². The van der Waals surface area contributed by atoms with Crippen molar-refractivity contribution in [2.45, 2.75) is 44.8 Å². The molecule has 2 N–H and O–H groups in total. The molecule has 1 heterocycles. The molecule has 17 heavy (non-hydrogen) atoms. The quantitative estimate of drug-likeness (QED) is 0.821. The van der Waals surface area contributed by atoms with Gasteiger partial charge in [-0.25, -0.2) is 0 Å². The summed E-state index contributed by atoms with van der Waals surface area (Å²) < 4.78 is 0. The molecule has 2 rings (SSSR count). The van der Waals surface area contributed by atoms with E-state index in [1.54, 1.807) is 12.4 Å². The summed E-state index contributed by atoms with van der Waals surface area (Å²) >= 11 is 0. The minimum atomic E-state index is -0.193. The zero-order chi connectivity index (χ0) is 12.1. The summed E-state index contributed by atoms with van der Waals surface area (Å²) in [6, 6.07) is 4.30. The summed E-state index contributed by atoms with van der Waals surface area (Å²) in [5.41, 5.74) is 1.22. The molecule has 1 fully saturated rings. The highest BCUT2D eigenvalue weighted by Crippen LogP contribution is 2.27. The number of pyridine rings is 1. The van der Waals surface area contributed by atoms with E-state index in [4.69, 9.17) is 0 Å². The molecular formula is C14H22N2O. The fraction of sp³-hybridized carbons (Fsp3) is 0.643. The monoisotopic (exact) mass is 234 g/mol. The van der Waals surface area contributed by atoms with Gasteiger partial charge >= 0.3 is 0 Å². The van der Waals surface area contributed by atoms with E-state index in [-0.39, 0.29) is 12.1 Å². The van der Waals surface area contributed by atoms with Crippen molar-refractivity contribution >= 4 is 0 Å². The average Bonchev–Trinajstić information content (AvgIpc) is 2.90. The van der Waals surface area contributed by atoms with Gasteiger partial charge < -0.3 is 10.4 Å². The van der Waals surface area contributed by atoms with E-state index in [1.165, 1.54) is 31.2 Å². The first-order valence-corrected chi connectivity index (χ1v) is 6.58. The van der Waals surface area contributed by atoms with Gasteiger partial charge in [0.2, 0.25) is 0 Å². The maximum absolute atomic E-state index is 10.1. The number of rotatable bonds is 5. The lowest BCUT2D eigenvalue weighted by atomic mass is 10.0. The van der Waals surface area contributed by atoms with Crippen LogP contribution in [0.5, 0.6) is 0 Å². The van der Waals surface area contributed by atoms with Gasteiger partial charge in [0.15, 0.2) is 0 Å². The van der Waals surface area contributed by atoms with Crippen LogP contribution < -0.4 is 5.32 Å². The fourth-order valence-corrected chi connectivity index (χ4v) is 2.58. The molecule has 0 aliphatic heterocycles. The van der Waals surface area contributed by atoms with Gasteiger partial charge in [-0.1, -0.05) is 12.8 Å². The molecule has 2 atom stereocenters. The summed E-state index contributed by atoms with van der Waals surface area (Å²) in [5.74, 6) is 0.507. The first-order valence-electron chi connectivity index (χ1n) is 6.58. The number of hydrogen-bond donors (Lipinski definition) is 2. The standard InChI is InChI=1S/C14H22N2O/c1-11(12-6-8-15-9-7-12)16-10-14(17)13-4-2-3-5-13/h6-9,11,13-14,16-17H,2-5,10H2,1H3. The third kappa shape index (κ3) is 3.51. The van der Waals surface area contributed by atoms with E-state index >= 15 is 0 Å². The molecule has 0 amide bonds. The first kappa shape index (κ1) is 12.5. The molecule has 2 unspecified atom stereocenters. The Hall–Kier alpha value is -0.930. The Morgan fingerprint density at radius 2 is 2.00 bits per heavy atom. The topological polar surface area (TPSA) is 45.1 Å². The minimum Gasteiger partial charge on any atom is -0.392 e. The van der Waals surface area contributed by atoms with Crippen LogP contribution in [-0.2, 0) is 0 Å². The highest BCUT2D eigenvalue weighted by Gasteiger charge is 2.23. The summed E-state index contributed by atoms with van der Waals surface area (Å²) in [7, 11) is 0. The summed E-state index contributed by atoms with van der Waals surface area (Å²) in [4.78, 5) is 4.01. The smallest absolute Gasteiger partial charge is 0.0692 e. The van der Waals surface area contributed by atoms with Crippen molar-refractivity contribution in [2.75, 3.05) is 6.54 Å². The van der Waals surface area contributed by atoms with E-state index in [0.29, 0.717) is 12.5 Å². The maximum Gasteiger partial charge on any atom is 0.0692 e. The van der Waals surface area contributed by atoms with Crippen molar-refractivity contribution in [3.8, 4) is 0 Å². The second kappa shape index (κ2) is 6.12. The first-order chi connectivity index (χ1) is 8.27. The number of hydrogen-bond acceptors (Lipinski definition) is 3. The summed E-state index contributed by atoms with van der Waals surface area (Å²) in [6.45, 7) is 2.81. The van der Waals surface area contributed by atoms with Crippen molar-refractivity contribution in [1.29, 1.82) is 0 Å². The lowest BCUT2D eigenvalue weighted by Gasteiger charge is -2.21. The molecule has 1 aliphatic carbocycles. The number of aromatic nitrogens is 1. The Kier molecular flexibility index (Phi) is 4.51. The number of nitrogens with zero attached hydrogens (tertiary/aromatic N) is 1. The Balaban J connectivity index is 1.77. The van der Waals surface area contributed by atoms with Gasteiger partial charge in [0, 0.05) is 25.0 Å². The molecule has 1 saturated carbocycles. The molecule has 0 saturated heterocycles. The van der Waals surface area contributed by atoms with Gasteiger partial charge in [0.25, 0.3) is 0 Å². The van der Waals surface area contributed by atoms with Crippen molar-refractivity contribution in [3.05, 3.63) is 30.1 Å². The van der Waals surface area contributed by atoms with Crippen LogP contribution >= 0.6 is 0 Å². The van der Waals surface area contributed by atoms with Crippen molar-refractivity contribution in [1.82, 2.24) is 10.3 Å². The van der Waals surface area contributed by atoms with E-state index < -0.39 is 0 Å². The van der Waals surface area contributed by atoms with Gasteiger partial charge in [-0.2, -0.15) is 0 Å². The molecule has 3 heteroatoms. The minimum absolute atomic E-state index is 0.193. The number of nitrogens with one attached hydrogen (secondary N) is 1. The van der Waals surface area contributed by atoms with Crippen LogP contribution in [0.1, 0.15) is 44.2 Å². The van der Waals surface area contributed by atoms with Crippen LogP contribution in [0, 0.1) is 5.92 Å². The van der Waals surface area contributed by atoms with Gasteiger partial charge in [-0.05, 0) is 43.4 Å². The largest absolute Gasteiger partial charge is 0.392 e. The molecule has 0 radical (unpaired) electrons. The molecule has 1 aromatic rings. The van der Waals surface area contributed by atoms with Crippen molar-refractivity contribution in [2.24, 2.45) is 5.92 Å². The van der Waals surface area contributed by atoms with Crippen LogP contribution in [0.4, 0.5) is 0 Å². The highest BCUT2D eigenvalue weighted by molar-refractivity contribution is 5.13. The predicted molar refractivity (Wildman–Crippen MR) is 68.6 cm³/mol. The lowest BCUT2D eigenvalue weighted by Crippen LogP contribution is -2.33. The molecule has 94 valence electrons. The van der Waals surface area contributed by atoms with Crippen LogP contribution in [0.3, 0.4) is 0 Å². The maximum atomic E-state index is 10.1.